The molecule has 3 nitrogen and oxygen atoms in total. The fourth-order valence-electron chi connectivity index (χ4n) is 3.67. The highest BCUT2D eigenvalue weighted by molar-refractivity contribution is 5.89. The summed E-state index contributed by atoms with van der Waals surface area (Å²) in [5.41, 5.74) is 2.43. The topological polar surface area (TPSA) is 49.7 Å². The van der Waals surface area contributed by atoms with Gasteiger partial charge in [0.15, 0.2) is 11.5 Å². The van der Waals surface area contributed by atoms with Crippen molar-refractivity contribution in [1.29, 1.82) is 0 Å². The smallest absolute Gasteiger partial charge is 0.161 e. The summed E-state index contributed by atoms with van der Waals surface area (Å²) < 4.78 is 5.31. The van der Waals surface area contributed by atoms with Crippen molar-refractivity contribution >= 4 is 10.8 Å². The normalized spacial score (nSPS) is 12.0. The molecule has 3 heteroatoms. The molecule has 0 heterocycles. The van der Waals surface area contributed by atoms with E-state index in [9.17, 15) is 10.2 Å². The van der Waals surface area contributed by atoms with Crippen LogP contribution in [0.1, 0.15) is 22.6 Å². The van der Waals surface area contributed by atoms with Crippen LogP contribution in [0.25, 0.3) is 10.8 Å². The highest BCUT2D eigenvalue weighted by Crippen LogP contribution is 2.45. The fourth-order valence-corrected chi connectivity index (χ4v) is 3.67. The standard InChI is InChI=1S/C24H20O3/c1-27-21-13-7-12-19(24(21)26)22(17-9-3-2-4-10-17)23-18-11-6-5-8-16(18)14-15-20(23)25/h2-15,22,25-26H,1H3/t22-/m1/s1. The molecule has 4 aromatic carbocycles. The van der Waals surface area contributed by atoms with Gasteiger partial charge in [-0.25, -0.2) is 0 Å². The number of phenols is 2. The van der Waals surface area contributed by atoms with E-state index in [0.29, 0.717) is 11.3 Å². The summed E-state index contributed by atoms with van der Waals surface area (Å²) in [4.78, 5) is 0. The molecule has 134 valence electrons. The largest absolute Gasteiger partial charge is 0.508 e. The zero-order chi connectivity index (χ0) is 18.8. The first-order chi connectivity index (χ1) is 13.2. The summed E-state index contributed by atoms with van der Waals surface area (Å²) >= 11 is 0. The van der Waals surface area contributed by atoms with Crippen molar-refractivity contribution < 1.29 is 14.9 Å². The van der Waals surface area contributed by atoms with E-state index in [0.717, 1.165) is 21.9 Å². The Bertz CT molecular complexity index is 1090. The molecule has 4 aromatic rings. The Morgan fingerprint density at radius 3 is 2.26 bits per heavy atom. The van der Waals surface area contributed by atoms with Crippen LogP contribution in [0.2, 0.25) is 0 Å². The van der Waals surface area contributed by atoms with Crippen molar-refractivity contribution in [2.45, 2.75) is 5.92 Å². The fraction of sp³-hybridized carbons (Fsp3) is 0.0833. The number of para-hydroxylation sites is 1. The van der Waals surface area contributed by atoms with Crippen LogP contribution in [-0.4, -0.2) is 17.3 Å². The molecule has 27 heavy (non-hydrogen) atoms. The van der Waals surface area contributed by atoms with Crippen LogP contribution in [0.5, 0.6) is 17.2 Å². The summed E-state index contributed by atoms with van der Waals surface area (Å²) in [6.45, 7) is 0. The minimum atomic E-state index is -0.340. The second kappa shape index (κ2) is 7.04. The maximum atomic E-state index is 10.8. The molecule has 0 aliphatic carbocycles. The Balaban J connectivity index is 2.06. The van der Waals surface area contributed by atoms with E-state index in [1.807, 2.05) is 72.8 Å². The van der Waals surface area contributed by atoms with E-state index in [1.165, 1.54) is 7.11 Å². The average molecular weight is 356 g/mol. The maximum absolute atomic E-state index is 10.8. The molecule has 0 saturated carbocycles. The summed E-state index contributed by atoms with van der Waals surface area (Å²) in [6, 6.07) is 26.9. The van der Waals surface area contributed by atoms with Crippen molar-refractivity contribution in [1.82, 2.24) is 0 Å². The molecule has 0 aliphatic heterocycles. The molecular formula is C24H20O3. The van der Waals surface area contributed by atoms with Gasteiger partial charge in [-0.2, -0.15) is 0 Å². The second-order valence-corrected chi connectivity index (χ2v) is 6.46. The first kappa shape index (κ1) is 17.0. The predicted octanol–water partition coefficient (Wildman–Crippen LogP) is 5.44. The van der Waals surface area contributed by atoms with Crippen LogP contribution in [0.4, 0.5) is 0 Å². The molecule has 4 rings (SSSR count). The zero-order valence-corrected chi connectivity index (χ0v) is 15.0. The van der Waals surface area contributed by atoms with Crippen LogP contribution in [-0.2, 0) is 0 Å². The van der Waals surface area contributed by atoms with Crippen molar-refractivity contribution in [2.75, 3.05) is 7.11 Å². The molecule has 0 aromatic heterocycles. The molecule has 0 radical (unpaired) electrons. The first-order valence-electron chi connectivity index (χ1n) is 8.82. The number of phenolic OH excluding ortho intramolecular Hbond substituents is 2. The lowest BCUT2D eigenvalue weighted by Crippen LogP contribution is -2.05. The van der Waals surface area contributed by atoms with Gasteiger partial charge in [-0.05, 0) is 28.5 Å². The van der Waals surface area contributed by atoms with E-state index >= 15 is 0 Å². The molecule has 0 spiro atoms. The van der Waals surface area contributed by atoms with Gasteiger partial charge < -0.3 is 14.9 Å². The van der Waals surface area contributed by atoms with Gasteiger partial charge in [0.05, 0.1) is 7.11 Å². The third-order valence-electron chi connectivity index (χ3n) is 4.93. The molecule has 0 amide bonds. The van der Waals surface area contributed by atoms with Gasteiger partial charge in [0.2, 0.25) is 0 Å². The first-order valence-corrected chi connectivity index (χ1v) is 8.82. The summed E-state index contributed by atoms with van der Waals surface area (Å²) in [5, 5.41) is 23.6. The van der Waals surface area contributed by atoms with E-state index in [-0.39, 0.29) is 17.4 Å². The molecule has 0 unspecified atom stereocenters. The van der Waals surface area contributed by atoms with Gasteiger partial charge in [-0.1, -0.05) is 72.8 Å². The molecule has 0 fully saturated rings. The Labute approximate surface area is 158 Å². The number of hydrogen-bond donors (Lipinski definition) is 2. The Kier molecular flexibility index (Phi) is 4.43. The van der Waals surface area contributed by atoms with Gasteiger partial charge in [-0.15, -0.1) is 0 Å². The van der Waals surface area contributed by atoms with Gasteiger partial charge in [0, 0.05) is 17.0 Å². The van der Waals surface area contributed by atoms with Crippen molar-refractivity contribution in [2.24, 2.45) is 0 Å². The number of methoxy groups -OCH3 is 1. The van der Waals surface area contributed by atoms with Gasteiger partial charge in [-0.3, -0.25) is 0 Å². The monoisotopic (exact) mass is 356 g/mol. The van der Waals surface area contributed by atoms with E-state index in [1.54, 1.807) is 12.1 Å². The van der Waals surface area contributed by atoms with Crippen LogP contribution >= 0.6 is 0 Å². The summed E-state index contributed by atoms with van der Waals surface area (Å²) in [7, 11) is 1.53. The van der Waals surface area contributed by atoms with E-state index in [4.69, 9.17) is 4.74 Å². The van der Waals surface area contributed by atoms with Gasteiger partial charge >= 0.3 is 0 Å². The van der Waals surface area contributed by atoms with E-state index < -0.39 is 0 Å². The summed E-state index contributed by atoms with van der Waals surface area (Å²) in [5.74, 6) is 0.353. The minimum Gasteiger partial charge on any atom is -0.508 e. The SMILES string of the molecule is COc1cccc([C@@H](c2ccccc2)c2c(O)ccc3ccccc23)c1O. The number of benzene rings is 4. The number of fused-ring (bicyclic) bond motifs is 1. The van der Waals surface area contributed by atoms with Crippen molar-refractivity contribution in [3.8, 4) is 17.2 Å². The van der Waals surface area contributed by atoms with Gasteiger partial charge in [0.25, 0.3) is 0 Å². The molecule has 1 atom stereocenters. The van der Waals surface area contributed by atoms with Crippen LogP contribution in [0.15, 0.2) is 84.9 Å². The predicted molar refractivity (Wildman–Crippen MR) is 108 cm³/mol. The zero-order valence-electron chi connectivity index (χ0n) is 15.0. The average Bonchev–Trinajstić information content (AvgIpc) is 2.72. The lowest BCUT2D eigenvalue weighted by atomic mass is 9.81. The molecule has 2 N–H and O–H groups in total. The lowest BCUT2D eigenvalue weighted by molar-refractivity contribution is 0.370. The van der Waals surface area contributed by atoms with Crippen LogP contribution in [0.3, 0.4) is 0 Å². The number of ether oxygens (including phenoxy) is 1. The highest BCUT2D eigenvalue weighted by atomic mass is 16.5. The van der Waals surface area contributed by atoms with Crippen molar-refractivity contribution in [3.05, 3.63) is 102 Å². The van der Waals surface area contributed by atoms with Crippen molar-refractivity contribution in [3.63, 3.8) is 0 Å². The Hall–Kier alpha value is -3.46. The minimum absolute atomic E-state index is 0.0844. The number of aromatic hydroxyl groups is 2. The molecule has 0 aliphatic rings. The Morgan fingerprint density at radius 2 is 1.48 bits per heavy atom. The third-order valence-corrected chi connectivity index (χ3v) is 4.93. The van der Waals surface area contributed by atoms with E-state index in [2.05, 4.69) is 0 Å². The molecular weight excluding hydrogens is 336 g/mol. The lowest BCUT2D eigenvalue weighted by Gasteiger charge is -2.23. The Morgan fingerprint density at radius 1 is 0.741 bits per heavy atom. The quantitative estimate of drug-likeness (QED) is 0.479. The van der Waals surface area contributed by atoms with Crippen LogP contribution in [0, 0.1) is 0 Å². The molecule has 0 bridgehead atoms. The molecule has 0 saturated heterocycles. The maximum Gasteiger partial charge on any atom is 0.161 e. The number of rotatable bonds is 4. The van der Waals surface area contributed by atoms with Gasteiger partial charge in [0.1, 0.15) is 5.75 Å². The van der Waals surface area contributed by atoms with Crippen LogP contribution < -0.4 is 4.74 Å². The third kappa shape index (κ3) is 2.97. The number of hydrogen-bond acceptors (Lipinski definition) is 3. The summed E-state index contributed by atoms with van der Waals surface area (Å²) in [6.07, 6.45) is 0. The second-order valence-electron chi connectivity index (χ2n) is 6.46. The highest BCUT2D eigenvalue weighted by Gasteiger charge is 2.26.